The lowest BCUT2D eigenvalue weighted by Crippen LogP contribution is -2.31. The molecule has 0 atom stereocenters. The summed E-state index contributed by atoms with van der Waals surface area (Å²) in [7, 11) is 0. The van der Waals surface area contributed by atoms with Gasteiger partial charge in [-0.3, -0.25) is 9.69 Å². The number of hydrogen-bond acceptors (Lipinski definition) is 7. The van der Waals surface area contributed by atoms with Crippen LogP contribution in [-0.4, -0.2) is 26.8 Å². The molecule has 0 aliphatic rings. The average Bonchev–Trinajstić information content (AvgIpc) is 3.44. The van der Waals surface area contributed by atoms with E-state index in [0.29, 0.717) is 17.4 Å². The van der Waals surface area contributed by atoms with E-state index in [1.54, 1.807) is 22.5 Å². The molecule has 29 heavy (non-hydrogen) atoms. The van der Waals surface area contributed by atoms with E-state index in [-0.39, 0.29) is 17.5 Å². The largest absolute Gasteiger partial charge is 0.283 e. The first-order valence-electron chi connectivity index (χ1n) is 8.64. The summed E-state index contributed by atoms with van der Waals surface area (Å²) in [4.78, 5) is 19.3. The molecule has 0 saturated heterocycles. The van der Waals surface area contributed by atoms with Crippen LogP contribution in [-0.2, 0) is 11.3 Å². The van der Waals surface area contributed by atoms with Crippen LogP contribution in [0.25, 0.3) is 11.3 Å². The lowest BCUT2D eigenvalue weighted by atomic mass is 10.2. The number of aromatic nitrogens is 3. The molecule has 0 N–H and O–H groups in total. The number of carbonyl (C=O) groups excluding carboxylic acids is 1. The zero-order valence-electron chi connectivity index (χ0n) is 15.1. The number of rotatable bonds is 7. The second kappa shape index (κ2) is 9.25. The maximum absolute atomic E-state index is 13.2. The van der Waals surface area contributed by atoms with E-state index in [1.807, 2.05) is 35.7 Å². The first-order valence-corrected chi connectivity index (χ1v) is 11.4. The molecule has 4 rings (SSSR count). The molecule has 0 radical (unpaired) electrons. The zero-order valence-corrected chi connectivity index (χ0v) is 17.5. The van der Waals surface area contributed by atoms with Gasteiger partial charge in [-0.05, 0) is 29.8 Å². The Hall–Kier alpha value is -2.62. The van der Waals surface area contributed by atoms with Crippen molar-refractivity contribution < 1.29 is 9.18 Å². The summed E-state index contributed by atoms with van der Waals surface area (Å²) < 4.78 is 14.0. The highest BCUT2D eigenvalue weighted by atomic mass is 32.2. The highest BCUT2D eigenvalue weighted by Crippen LogP contribution is 2.30. The van der Waals surface area contributed by atoms with Gasteiger partial charge < -0.3 is 0 Å². The summed E-state index contributed by atoms with van der Waals surface area (Å²) >= 11 is 4.16. The van der Waals surface area contributed by atoms with E-state index >= 15 is 0 Å². The van der Waals surface area contributed by atoms with Crippen LogP contribution in [0.2, 0.25) is 0 Å². The lowest BCUT2D eigenvalue weighted by Gasteiger charge is -2.19. The minimum absolute atomic E-state index is 0.0611. The number of hydrogen-bond donors (Lipinski definition) is 0. The zero-order chi connectivity index (χ0) is 20.1. The molecule has 9 heteroatoms. The molecule has 0 unspecified atom stereocenters. The van der Waals surface area contributed by atoms with Crippen molar-refractivity contribution in [3.8, 4) is 11.3 Å². The van der Waals surface area contributed by atoms with Crippen LogP contribution in [0.3, 0.4) is 0 Å². The number of amides is 1. The van der Waals surface area contributed by atoms with Crippen LogP contribution >= 0.6 is 34.4 Å². The second-order valence-electron chi connectivity index (χ2n) is 5.98. The van der Waals surface area contributed by atoms with Gasteiger partial charge in [-0.2, -0.15) is 0 Å². The first kappa shape index (κ1) is 19.7. The molecular formula is C20H15FN4OS3. The van der Waals surface area contributed by atoms with Gasteiger partial charge in [0.1, 0.15) is 11.3 Å². The van der Waals surface area contributed by atoms with Gasteiger partial charge in [0.05, 0.1) is 18.0 Å². The van der Waals surface area contributed by atoms with Crippen molar-refractivity contribution in [1.82, 2.24) is 15.2 Å². The average molecular weight is 443 g/mol. The molecule has 0 aliphatic heterocycles. The topological polar surface area (TPSA) is 59.0 Å². The molecule has 0 aliphatic carbocycles. The second-order valence-corrected chi connectivity index (χ2v) is 8.87. The molecule has 5 nitrogen and oxygen atoms in total. The smallest absolute Gasteiger partial charge is 0.239 e. The predicted molar refractivity (Wildman–Crippen MR) is 116 cm³/mol. The van der Waals surface area contributed by atoms with Crippen molar-refractivity contribution in [2.45, 2.75) is 10.9 Å². The number of thioether (sulfide) groups is 1. The standard InChI is InChI=1S/C20H15FN4OS3/c21-16-8-6-15(7-9-16)17-11-27-19(23-17)25(10-14-4-2-1-3-5-14)18(26)12-28-20-24-22-13-29-20/h1-9,11,13H,10,12H2. The van der Waals surface area contributed by atoms with E-state index in [9.17, 15) is 9.18 Å². The maximum atomic E-state index is 13.2. The summed E-state index contributed by atoms with van der Waals surface area (Å²) in [5, 5.41) is 10.3. The van der Waals surface area contributed by atoms with Gasteiger partial charge in [0, 0.05) is 10.9 Å². The van der Waals surface area contributed by atoms with Crippen molar-refractivity contribution in [1.29, 1.82) is 0 Å². The minimum Gasteiger partial charge on any atom is -0.283 e. The Bertz CT molecular complexity index is 1070. The van der Waals surface area contributed by atoms with Crippen molar-refractivity contribution in [3.05, 3.63) is 76.9 Å². The molecule has 2 aromatic heterocycles. The molecule has 146 valence electrons. The van der Waals surface area contributed by atoms with E-state index in [4.69, 9.17) is 0 Å². The summed E-state index contributed by atoms with van der Waals surface area (Å²) in [6, 6.07) is 16.0. The summed E-state index contributed by atoms with van der Waals surface area (Å²) in [6.07, 6.45) is 0. The Morgan fingerprint density at radius 2 is 1.86 bits per heavy atom. The van der Waals surface area contributed by atoms with Gasteiger partial charge in [0.25, 0.3) is 0 Å². The quantitative estimate of drug-likeness (QED) is 0.372. The highest BCUT2D eigenvalue weighted by molar-refractivity contribution is 8.01. The number of halogens is 1. The van der Waals surface area contributed by atoms with Crippen molar-refractivity contribution >= 4 is 45.5 Å². The highest BCUT2D eigenvalue weighted by Gasteiger charge is 2.21. The maximum Gasteiger partial charge on any atom is 0.239 e. The molecule has 0 bridgehead atoms. The molecule has 0 spiro atoms. The van der Waals surface area contributed by atoms with Gasteiger partial charge in [0.2, 0.25) is 5.91 Å². The SMILES string of the molecule is O=C(CSc1nncs1)N(Cc1ccccc1)c1nc(-c2ccc(F)cc2)cs1. The van der Waals surface area contributed by atoms with Crippen LogP contribution < -0.4 is 4.90 Å². The molecule has 4 aromatic rings. The molecule has 2 aromatic carbocycles. The summed E-state index contributed by atoms with van der Waals surface area (Å²) in [5.41, 5.74) is 4.18. The fraction of sp³-hybridized carbons (Fsp3) is 0.100. The van der Waals surface area contributed by atoms with Crippen molar-refractivity contribution in [3.63, 3.8) is 0 Å². The Labute approximate surface area is 179 Å². The summed E-state index contributed by atoms with van der Waals surface area (Å²) in [6.45, 7) is 0.423. The number of nitrogens with zero attached hydrogens (tertiary/aromatic N) is 4. The van der Waals surface area contributed by atoms with E-state index in [1.165, 1.54) is 46.6 Å². The van der Waals surface area contributed by atoms with Gasteiger partial charge in [-0.15, -0.1) is 21.5 Å². The van der Waals surface area contributed by atoms with E-state index < -0.39 is 0 Å². The third-order valence-corrected chi connectivity index (χ3v) is 6.72. The molecule has 2 heterocycles. The monoisotopic (exact) mass is 442 g/mol. The fourth-order valence-corrected chi connectivity index (χ4v) is 4.81. The van der Waals surface area contributed by atoms with Crippen LogP contribution in [0.15, 0.2) is 69.8 Å². The van der Waals surface area contributed by atoms with Crippen LogP contribution in [0.5, 0.6) is 0 Å². The number of thiazole rings is 1. The van der Waals surface area contributed by atoms with Gasteiger partial charge in [-0.1, -0.05) is 53.4 Å². The van der Waals surface area contributed by atoms with E-state index in [2.05, 4.69) is 15.2 Å². The fourth-order valence-electron chi connectivity index (χ4n) is 2.60. The third kappa shape index (κ3) is 5.06. The first-order chi connectivity index (χ1) is 14.2. The Kier molecular flexibility index (Phi) is 6.28. The molecule has 1 amide bonds. The van der Waals surface area contributed by atoms with E-state index in [0.717, 1.165) is 15.5 Å². The number of anilines is 1. The van der Waals surface area contributed by atoms with Crippen LogP contribution in [0.1, 0.15) is 5.56 Å². The Morgan fingerprint density at radius 3 is 2.59 bits per heavy atom. The normalized spacial score (nSPS) is 10.8. The Balaban J connectivity index is 1.57. The molecule has 0 fully saturated rings. The third-order valence-electron chi connectivity index (χ3n) is 4.01. The number of benzene rings is 2. The number of carbonyl (C=O) groups is 1. The van der Waals surface area contributed by atoms with Crippen molar-refractivity contribution in [2.24, 2.45) is 0 Å². The van der Waals surface area contributed by atoms with Gasteiger partial charge in [0.15, 0.2) is 9.47 Å². The predicted octanol–water partition coefficient (Wildman–Crippen LogP) is 5.13. The molecule has 0 saturated carbocycles. The van der Waals surface area contributed by atoms with Crippen LogP contribution in [0.4, 0.5) is 9.52 Å². The Morgan fingerprint density at radius 1 is 1.07 bits per heavy atom. The van der Waals surface area contributed by atoms with Gasteiger partial charge >= 0.3 is 0 Å². The van der Waals surface area contributed by atoms with Crippen molar-refractivity contribution in [2.75, 3.05) is 10.7 Å². The van der Waals surface area contributed by atoms with Gasteiger partial charge in [-0.25, -0.2) is 9.37 Å². The molecular weight excluding hydrogens is 427 g/mol. The van der Waals surface area contributed by atoms with Crippen LogP contribution in [0, 0.1) is 5.82 Å². The summed E-state index contributed by atoms with van der Waals surface area (Å²) in [5.74, 6) is -0.110. The lowest BCUT2D eigenvalue weighted by molar-refractivity contribution is -0.116. The minimum atomic E-state index is -0.293.